The van der Waals surface area contributed by atoms with E-state index in [0.717, 1.165) is 10.1 Å². The van der Waals surface area contributed by atoms with Crippen LogP contribution in [-0.2, 0) is 11.3 Å². The Hall–Kier alpha value is -2.83. The summed E-state index contributed by atoms with van der Waals surface area (Å²) in [4.78, 5) is 36.9. The quantitative estimate of drug-likeness (QED) is 0.824. The number of aromatic nitrogens is 2. The number of ether oxygens (including phenoxy) is 1. The summed E-state index contributed by atoms with van der Waals surface area (Å²) in [7, 11) is 1.58. The van der Waals surface area contributed by atoms with Gasteiger partial charge in [-0.05, 0) is 12.5 Å². The highest BCUT2D eigenvalue weighted by Gasteiger charge is 2.16. The lowest BCUT2D eigenvalue weighted by atomic mass is 10.0. The molecule has 1 heterocycles. The molecule has 2 aromatic rings. The zero-order chi connectivity index (χ0) is 16.8. The maximum atomic E-state index is 12.2. The fourth-order valence-corrected chi connectivity index (χ4v) is 2.32. The van der Waals surface area contributed by atoms with Crippen molar-refractivity contribution in [1.29, 1.82) is 0 Å². The van der Waals surface area contributed by atoms with E-state index in [-0.39, 0.29) is 18.5 Å². The first-order valence-corrected chi connectivity index (χ1v) is 7.27. The lowest BCUT2D eigenvalue weighted by Crippen LogP contribution is -2.36. The topological polar surface area (TPSA) is 93.2 Å². The molecule has 1 atom stereocenters. The van der Waals surface area contributed by atoms with Crippen LogP contribution >= 0.6 is 0 Å². The standard InChI is InChI=1S/C16H19N3O4/c1-3-12(11-6-4-5-7-13(11)23-2)17-15(21)10-19-9-8-14(20)18-16(19)22/h4-9,12H,3,10H2,1-2H3,(H,17,21)(H,18,20,22)/t12-/m1/s1. The van der Waals surface area contributed by atoms with Gasteiger partial charge < -0.3 is 10.1 Å². The van der Waals surface area contributed by atoms with Crippen LogP contribution in [0.3, 0.4) is 0 Å². The number of methoxy groups -OCH3 is 1. The molecule has 0 aliphatic heterocycles. The molecule has 0 aliphatic carbocycles. The summed E-state index contributed by atoms with van der Waals surface area (Å²) < 4.78 is 6.46. The van der Waals surface area contributed by atoms with Crippen LogP contribution in [0.5, 0.6) is 5.75 Å². The number of rotatable bonds is 6. The molecule has 0 radical (unpaired) electrons. The number of amides is 1. The van der Waals surface area contributed by atoms with E-state index in [1.54, 1.807) is 7.11 Å². The van der Waals surface area contributed by atoms with Gasteiger partial charge in [0.15, 0.2) is 0 Å². The second kappa shape index (κ2) is 7.44. The van der Waals surface area contributed by atoms with Gasteiger partial charge in [0.05, 0.1) is 13.2 Å². The normalized spacial score (nSPS) is 11.7. The fraction of sp³-hybridized carbons (Fsp3) is 0.312. The summed E-state index contributed by atoms with van der Waals surface area (Å²) in [6.45, 7) is 1.78. The molecule has 2 N–H and O–H groups in total. The summed E-state index contributed by atoms with van der Waals surface area (Å²) in [5.74, 6) is 0.373. The summed E-state index contributed by atoms with van der Waals surface area (Å²) in [6.07, 6.45) is 1.97. The van der Waals surface area contributed by atoms with Gasteiger partial charge in [0, 0.05) is 17.8 Å². The van der Waals surface area contributed by atoms with E-state index >= 15 is 0 Å². The van der Waals surface area contributed by atoms with Gasteiger partial charge in [-0.15, -0.1) is 0 Å². The number of hydrogen-bond acceptors (Lipinski definition) is 4. The number of nitrogens with zero attached hydrogens (tertiary/aromatic N) is 1. The zero-order valence-corrected chi connectivity index (χ0v) is 13.0. The Bertz CT molecular complexity index is 794. The molecule has 1 aromatic carbocycles. The van der Waals surface area contributed by atoms with Crippen LogP contribution in [0.25, 0.3) is 0 Å². The number of aromatic amines is 1. The smallest absolute Gasteiger partial charge is 0.328 e. The van der Waals surface area contributed by atoms with Gasteiger partial charge in [-0.1, -0.05) is 25.1 Å². The largest absolute Gasteiger partial charge is 0.496 e. The van der Waals surface area contributed by atoms with Crippen LogP contribution in [0.4, 0.5) is 0 Å². The van der Waals surface area contributed by atoms with Gasteiger partial charge >= 0.3 is 5.69 Å². The number of hydrogen-bond donors (Lipinski definition) is 2. The van der Waals surface area contributed by atoms with Gasteiger partial charge in [0.2, 0.25) is 5.91 Å². The van der Waals surface area contributed by atoms with E-state index < -0.39 is 11.2 Å². The maximum Gasteiger partial charge on any atom is 0.328 e. The van der Waals surface area contributed by atoms with Crippen LogP contribution in [0.1, 0.15) is 24.9 Å². The van der Waals surface area contributed by atoms with Gasteiger partial charge in [-0.3, -0.25) is 19.1 Å². The molecule has 23 heavy (non-hydrogen) atoms. The first-order chi connectivity index (χ1) is 11.0. The molecule has 7 nitrogen and oxygen atoms in total. The molecule has 0 saturated heterocycles. The van der Waals surface area contributed by atoms with Crippen LogP contribution in [0.15, 0.2) is 46.1 Å². The van der Waals surface area contributed by atoms with Gasteiger partial charge in [-0.2, -0.15) is 0 Å². The Morgan fingerprint density at radius 1 is 1.30 bits per heavy atom. The van der Waals surface area contributed by atoms with Crippen molar-refractivity contribution < 1.29 is 9.53 Å². The van der Waals surface area contributed by atoms with E-state index in [9.17, 15) is 14.4 Å². The summed E-state index contributed by atoms with van der Waals surface area (Å²) in [5.41, 5.74) is -0.232. The number of carbonyl (C=O) groups excluding carboxylic acids is 1. The van der Waals surface area contributed by atoms with Crippen LogP contribution in [0, 0.1) is 0 Å². The van der Waals surface area contributed by atoms with E-state index in [0.29, 0.717) is 12.2 Å². The minimum absolute atomic E-state index is 0.165. The molecule has 0 bridgehead atoms. The number of carbonyl (C=O) groups is 1. The van der Waals surface area contributed by atoms with Crippen molar-refractivity contribution in [1.82, 2.24) is 14.9 Å². The van der Waals surface area contributed by atoms with E-state index in [1.165, 1.54) is 12.3 Å². The van der Waals surface area contributed by atoms with E-state index in [4.69, 9.17) is 4.74 Å². The predicted octanol–water partition coefficient (Wildman–Crippen LogP) is 0.813. The Morgan fingerprint density at radius 3 is 2.70 bits per heavy atom. The van der Waals surface area contributed by atoms with E-state index in [1.807, 2.05) is 31.2 Å². The van der Waals surface area contributed by atoms with Crippen molar-refractivity contribution in [3.63, 3.8) is 0 Å². The predicted molar refractivity (Wildman–Crippen MR) is 85.5 cm³/mol. The average molecular weight is 317 g/mol. The van der Waals surface area contributed by atoms with Crippen molar-refractivity contribution in [3.8, 4) is 5.75 Å². The molecular weight excluding hydrogens is 298 g/mol. The van der Waals surface area contributed by atoms with Crippen LogP contribution in [0.2, 0.25) is 0 Å². The highest BCUT2D eigenvalue weighted by molar-refractivity contribution is 5.76. The molecule has 1 aromatic heterocycles. The number of benzene rings is 1. The second-order valence-corrected chi connectivity index (χ2v) is 5.01. The lowest BCUT2D eigenvalue weighted by Gasteiger charge is -2.20. The molecule has 2 rings (SSSR count). The third-order valence-corrected chi connectivity index (χ3v) is 3.47. The summed E-state index contributed by atoms with van der Waals surface area (Å²) in [6, 6.07) is 8.43. The molecule has 0 unspecified atom stereocenters. The third-order valence-electron chi connectivity index (χ3n) is 3.47. The second-order valence-electron chi connectivity index (χ2n) is 5.01. The van der Waals surface area contributed by atoms with Crippen molar-refractivity contribution in [2.24, 2.45) is 0 Å². The minimum atomic E-state index is -0.613. The van der Waals surface area contributed by atoms with E-state index in [2.05, 4.69) is 10.3 Å². The molecule has 7 heteroatoms. The van der Waals surface area contributed by atoms with Crippen LogP contribution in [-0.4, -0.2) is 22.6 Å². The Kier molecular flexibility index (Phi) is 5.35. The number of para-hydroxylation sites is 1. The van der Waals surface area contributed by atoms with Gasteiger partial charge in [0.1, 0.15) is 12.3 Å². The fourth-order valence-electron chi connectivity index (χ4n) is 2.32. The van der Waals surface area contributed by atoms with Gasteiger partial charge in [-0.25, -0.2) is 4.79 Å². The lowest BCUT2D eigenvalue weighted by molar-refractivity contribution is -0.122. The molecular formula is C16H19N3O4. The Balaban J connectivity index is 2.14. The molecule has 0 saturated carbocycles. The number of H-pyrrole nitrogens is 1. The maximum absolute atomic E-state index is 12.2. The SMILES string of the molecule is CC[C@@H](NC(=O)Cn1ccc(=O)[nH]c1=O)c1ccccc1OC. The first-order valence-electron chi connectivity index (χ1n) is 7.27. The minimum Gasteiger partial charge on any atom is -0.496 e. The van der Waals surface area contributed by atoms with Crippen molar-refractivity contribution in [3.05, 3.63) is 62.9 Å². The first kappa shape index (κ1) is 16.5. The monoisotopic (exact) mass is 317 g/mol. The highest BCUT2D eigenvalue weighted by atomic mass is 16.5. The van der Waals surface area contributed by atoms with Crippen molar-refractivity contribution in [2.75, 3.05) is 7.11 Å². The van der Waals surface area contributed by atoms with Crippen molar-refractivity contribution >= 4 is 5.91 Å². The Labute approximate surface area is 132 Å². The van der Waals surface area contributed by atoms with Crippen molar-refractivity contribution in [2.45, 2.75) is 25.9 Å². The summed E-state index contributed by atoms with van der Waals surface area (Å²) >= 11 is 0. The zero-order valence-electron chi connectivity index (χ0n) is 13.0. The van der Waals surface area contributed by atoms with Crippen LogP contribution < -0.4 is 21.3 Å². The summed E-state index contributed by atoms with van der Waals surface area (Å²) in [5, 5.41) is 2.88. The molecule has 0 fully saturated rings. The molecule has 122 valence electrons. The highest BCUT2D eigenvalue weighted by Crippen LogP contribution is 2.26. The average Bonchev–Trinajstić information content (AvgIpc) is 2.55. The molecule has 0 aliphatic rings. The Morgan fingerprint density at radius 2 is 2.04 bits per heavy atom. The number of nitrogens with one attached hydrogen (secondary N) is 2. The molecule has 0 spiro atoms. The van der Waals surface area contributed by atoms with Gasteiger partial charge in [0.25, 0.3) is 5.56 Å². The molecule has 1 amide bonds. The third kappa shape index (κ3) is 4.09.